The minimum atomic E-state index is -0.746. The number of carbonyl (C=O) groups excluding carboxylic acids is 4. The summed E-state index contributed by atoms with van der Waals surface area (Å²) in [5.74, 6) is -1.69. The summed E-state index contributed by atoms with van der Waals surface area (Å²) in [6.45, 7) is 17.4. The molecule has 0 amide bonds. The summed E-state index contributed by atoms with van der Waals surface area (Å²) in [5, 5.41) is 0. The zero-order chi connectivity index (χ0) is 38.2. The first-order valence-electron chi connectivity index (χ1n) is 15.4. The zero-order valence-electron chi connectivity index (χ0n) is 29.2. The maximum absolute atomic E-state index is 13.1. The number of benzene rings is 3. The van der Waals surface area contributed by atoms with Crippen molar-refractivity contribution in [1.29, 1.82) is 0 Å². The maximum atomic E-state index is 13.1. The molecule has 0 atom stereocenters. The lowest BCUT2D eigenvalue weighted by atomic mass is 9.97. The molecule has 3 aromatic rings. The number of hydrogen-bond donors (Lipinski definition) is 0. The highest BCUT2D eigenvalue weighted by Gasteiger charge is 2.22. The number of carbonyl (C=O) groups is 4. The minimum absolute atomic E-state index is 0.0627. The molecule has 0 saturated heterocycles. The molecule has 0 aliphatic rings. The minimum Gasteiger partial charge on any atom is -0.462 e. The highest BCUT2D eigenvalue weighted by Crippen LogP contribution is 2.42. The van der Waals surface area contributed by atoms with Crippen molar-refractivity contribution in [3.63, 3.8) is 0 Å². The van der Waals surface area contributed by atoms with Gasteiger partial charge in [-0.3, -0.25) is 0 Å². The predicted molar refractivity (Wildman–Crippen MR) is 192 cm³/mol. The van der Waals surface area contributed by atoms with E-state index in [0.717, 1.165) is 12.5 Å². The molecule has 0 aliphatic heterocycles. The molecule has 12 heteroatoms. The third kappa shape index (κ3) is 11.8. The van der Waals surface area contributed by atoms with Gasteiger partial charge >= 0.3 is 23.9 Å². The Kier molecular flexibility index (Phi) is 15.1. The molecule has 3 rings (SSSR count). The van der Waals surface area contributed by atoms with Crippen molar-refractivity contribution in [2.75, 3.05) is 27.4 Å². The van der Waals surface area contributed by atoms with Gasteiger partial charge in [-0.2, -0.15) is 0 Å². The van der Waals surface area contributed by atoms with Crippen molar-refractivity contribution in [2.24, 2.45) is 0 Å². The fourth-order valence-corrected chi connectivity index (χ4v) is 4.01. The number of esters is 4. The van der Waals surface area contributed by atoms with Crippen molar-refractivity contribution in [2.45, 2.75) is 13.8 Å². The molecule has 270 valence electrons. The number of hydrogen-bond acceptors (Lipinski definition) is 12. The molecule has 0 heterocycles. The van der Waals surface area contributed by atoms with Crippen LogP contribution in [0.1, 0.15) is 13.8 Å². The Balaban J connectivity index is 2.07. The van der Waals surface area contributed by atoms with Crippen LogP contribution in [0.15, 0.2) is 134 Å². The molecular weight excluding hydrogens is 672 g/mol. The van der Waals surface area contributed by atoms with E-state index in [1.54, 1.807) is 60.7 Å². The average Bonchev–Trinajstić information content (AvgIpc) is 3.12. The van der Waals surface area contributed by atoms with Crippen LogP contribution in [-0.4, -0.2) is 51.3 Å². The molecule has 0 unspecified atom stereocenters. The summed E-state index contributed by atoms with van der Waals surface area (Å²) in [6.07, 6.45) is 4.55. The summed E-state index contributed by atoms with van der Waals surface area (Å²) < 4.78 is 42.5. The van der Waals surface area contributed by atoms with E-state index < -0.39 is 23.9 Å². The number of ether oxygens (including phenoxy) is 8. The van der Waals surface area contributed by atoms with E-state index in [2.05, 4.69) is 26.3 Å². The van der Waals surface area contributed by atoms with E-state index in [4.69, 9.17) is 37.9 Å². The maximum Gasteiger partial charge on any atom is 0.341 e. The Morgan fingerprint density at radius 2 is 0.885 bits per heavy atom. The third-order valence-corrected chi connectivity index (χ3v) is 6.60. The standard InChI is InChI=1S/C40H38O12/c1-25(2)37(41)49-19-17-47-31-13-9-29(10-14-31)33-21-36(52-40(44)28(6)24-46-8)34(22-35(33)51-39(43)27(5)23-45-7)30-11-15-32(16-12-30)48-18-20-50-38(42)26(3)4/h9-22H,1,3,5-6,23-24H2,2,4,7-8H3/b19-17-,20-18-. The van der Waals surface area contributed by atoms with Gasteiger partial charge in [0.05, 0.1) is 24.4 Å². The van der Waals surface area contributed by atoms with Crippen molar-refractivity contribution >= 4 is 23.9 Å². The van der Waals surface area contributed by atoms with Gasteiger partial charge < -0.3 is 37.9 Å². The van der Waals surface area contributed by atoms with Crippen LogP contribution in [0.25, 0.3) is 22.3 Å². The number of methoxy groups -OCH3 is 2. The van der Waals surface area contributed by atoms with Gasteiger partial charge in [-0.25, -0.2) is 19.2 Å². The molecule has 12 nitrogen and oxygen atoms in total. The summed E-state index contributed by atoms with van der Waals surface area (Å²) in [4.78, 5) is 49.3. The van der Waals surface area contributed by atoms with Crippen LogP contribution in [0.4, 0.5) is 0 Å². The summed E-state index contributed by atoms with van der Waals surface area (Å²) in [5.41, 5.74) is 2.42. The topological polar surface area (TPSA) is 142 Å². The van der Waals surface area contributed by atoms with Crippen LogP contribution in [-0.2, 0) is 38.1 Å². The average molecular weight is 711 g/mol. The van der Waals surface area contributed by atoms with Crippen LogP contribution in [0.3, 0.4) is 0 Å². The van der Waals surface area contributed by atoms with Gasteiger partial charge in [0.25, 0.3) is 0 Å². The van der Waals surface area contributed by atoms with Gasteiger partial charge in [0, 0.05) is 36.5 Å². The second-order valence-electron chi connectivity index (χ2n) is 10.9. The molecule has 0 bridgehead atoms. The van der Waals surface area contributed by atoms with Crippen molar-refractivity contribution in [3.8, 4) is 45.3 Å². The first-order chi connectivity index (χ1) is 24.8. The van der Waals surface area contributed by atoms with Crippen LogP contribution in [0.2, 0.25) is 0 Å². The second kappa shape index (κ2) is 19.6. The molecule has 52 heavy (non-hydrogen) atoms. The Hall–Kier alpha value is -6.50. The molecule has 0 aromatic heterocycles. The van der Waals surface area contributed by atoms with Gasteiger partial charge in [-0.15, -0.1) is 0 Å². The fraction of sp³-hybridized carbons (Fsp3) is 0.150. The van der Waals surface area contributed by atoms with Crippen molar-refractivity contribution in [3.05, 3.63) is 134 Å². The first kappa shape index (κ1) is 39.9. The smallest absolute Gasteiger partial charge is 0.341 e. The van der Waals surface area contributed by atoms with E-state index in [0.29, 0.717) is 33.8 Å². The van der Waals surface area contributed by atoms with Crippen molar-refractivity contribution < 1.29 is 57.1 Å². The van der Waals surface area contributed by atoms with Gasteiger partial charge in [-0.05, 0) is 61.4 Å². The van der Waals surface area contributed by atoms with Crippen molar-refractivity contribution in [1.82, 2.24) is 0 Å². The Morgan fingerprint density at radius 3 is 1.19 bits per heavy atom. The van der Waals surface area contributed by atoms with E-state index in [9.17, 15) is 19.2 Å². The molecule has 0 aliphatic carbocycles. The summed E-state index contributed by atoms with van der Waals surface area (Å²) in [6, 6.07) is 16.3. The van der Waals surface area contributed by atoms with Crippen LogP contribution < -0.4 is 18.9 Å². The normalized spacial score (nSPS) is 10.7. The highest BCUT2D eigenvalue weighted by atomic mass is 16.6. The molecule has 0 fully saturated rings. The SMILES string of the molecule is C=C(C)C(=O)O/C=C\Oc1ccc(-c2cc(OC(=O)C(=C)COC)c(-c3ccc(O/C=C\OC(=O)C(=C)C)cc3)cc2OC(=O)C(=C)COC)cc1. The summed E-state index contributed by atoms with van der Waals surface area (Å²) >= 11 is 0. The van der Waals surface area contributed by atoms with Gasteiger partial charge in [0.1, 0.15) is 48.0 Å². The molecule has 0 spiro atoms. The lowest BCUT2D eigenvalue weighted by Gasteiger charge is -2.18. The highest BCUT2D eigenvalue weighted by molar-refractivity contribution is 5.94. The van der Waals surface area contributed by atoms with Crippen LogP contribution in [0.5, 0.6) is 23.0 Å². The Bertz CT molecular complexity index is 1760. The van der Waals surface area contributed by atoms with Crippen LogP contribution in [0, 0.1) is 0 Å². The van der Waals surface area contributed by atoms with Gasteiger partial charge in [0.2, 0.25) is 0 Å². The quantitative estimate of drug-likeness (QED) is 0.0571. The predicted octanol–water partition coefficient (Wildman–Crippen LogP) is 7.18. The molecule has 0 saturated carbocycles. The summed E-state index contributed by atoms with van der Waals surface area (Å²) in [7, 11) is 2.84. The van der Waals surface area contributed by atoms with Gasteiger partial charge in [0.15, 0.2) is 0 Å². The molecule has 3 aromatic carbocycles. The largest absolute Gasteiger partial charge is 0.462 e. The van der Waals surface area contributed by atoms with Gasteiger partial charge in [-0.1, -0.05) is 50.6 Å². The lowest BCUT2D eigenvalue weighted by molar-refractivity contribution is -0.134. The van der Waals surface area contributed by atoms with E-state index in [-0.39, 0.29) is 47.0 Å². The third-order valence-electron chi connectivity index (χ3n) is 6.60. The molecule has 0 N–H and O–H groups in total. The zero-order valence-corrected chi connectivity index (χ0v) is 29.2. The fourth-order valence-electron chi connectivity index (χ4n) is 4.01. The Labute approximate surface area is 301 Å². The first-order valence-corrected chi connectivity index (χ1v) is 15.4. The van der Waals surface area contributed by atoms with E-state index in [1.807, 2.05) is 0 Å². The molecule has 0 radical (unpaired) electrons. The van der Waals surface area contributed by atoms with E-state index in [1.165, 1.54) is 40.6 Å². The van der Waals surface area contributed by atoms with E-state index >= 15 is 0 Å². The molecular formula is C40H38O12. The number of rotatable bonds is 18. The Morgan fingerprint density at radius 1 is 0.538 bits per heavy atom. The van der Waals surface area contributed by atoms with Crippen LogP contribution >= 0.6 is 0 Å². The monoisotopic (exact) mass is 710 g/mol. The second-order valence-corrected chi connectivity index (χ2v) is 10.9. The lowest BCUT2D eigenvalue weighted by Crippen LogP contribution is -2.16.